The number of fused-ring (bicyclic) bond motifs is 4. The Morgan fingerprint density at radius 2 is 1.13 bits per heavy atom. The third kappa shape index (κ3) is 11.9. The van der Waals surface area contributed by atoms with Crippen LogP contribution in [-0.2, 0) is 40.2 Å². The van der Waals surface area contributed by atoms with Crippen molar-refractivity contribution < 1.29 is 58.0 Å². The highest BCUT2D eigenvalue weighted by atomic mass is 16.7. The molecule has 4 bridgehead atoms. The number of hydrogen-bond donors (Lipinski definition) is 3. The number of hydrogen-bond acceptors (Lipinski definition) is 12. The van der Waals surface area contributed by atoms with Crippen molar-refractivity contribution in [2.45, 2.75) is 147 Å². The van der Waals surface area contributed by atoms with Crippen LogP contribution < -0.4 is 11.0 Å². The van der Waals surface area contributed by atoms with Crippen molar-refractivity contribution in [2.75, 3.05) is 39.3 Å². The molecular weight excluding hydrogens is 796 g/mol. The monoisotopic (exact) mass is 858 g/mol. The van der Waals surface area contributed by atoms with E-state index in [9.17, 15) is 34.0 Å². The first-order chi connectivity index (χ1) is 28.9. The maximum Gasteiger partial charge on any atom is 0.410 e. The van der Waals surface area contributed by atoms with Gasteiger partial charge in [0.15, 0.2) is 0 Å². The van der Waals surface area contributed by atoms with Crippen LogP contribution in [0, 0.1) is 0 Å². The first kappa shape index (κ1) is 45.6. The van der Waals surface area contributed by atoms with Gasteiger partial charge < -0.3 is 29.1 Å². The predicted molar refractivity (Wildman–Crippen MR) is 215 cm³/mol. The lowest BCUT2D eigenvalue weighted by atomic mass is 10.0. The van der Waals surface area contributed by atoms with E-state index >= 15 is 0 Å². The highest BCUT2D eigenvalue weighted by molar-refractivity contribution is 5.88. The number of likely N-dealkylation sites (tertiary alicyclic amines) is 2. The summed E-state index contributed by atoms with van der Waals surface area (Å²) in [7, 11) is 0. The van der Waals surface area contributed by atoms with Crippen LogP contribution in [0.4, 0.5) is 19.2 Å². The molecule has 1 aromatic rings. The first-order valence-corrected chi connectivity index (χ1v) is 21.3. The number of rotatable bonds is 9. The van der Waals surface area contributed by atoms with Crippen LogP contribution in [0.5, 0.6) is 0 Å². The Morgan fingerprint density at radius 1 is 0.656 bits per heavy atom. The van der Waals surface area contributed by atoms with E-state index < -0.39 is 41.3 Å². The average molecular weight is 859 g/mol. The maximum absolute atomic E-state index is 12.9. The summed E-state index contributed by atoms with van der Waals surface area (Å²) < 4.78 is 10.8. The molecule has 61 heavy (non-hydrogen) atoms. The fourth-order valence-electron chi connectivity index (χ4n) is 8.18. The van der Waals surface area contributed by atoms with Crippen LogP contribution in [-0.4, -0.2) is 158 Å². The van der Waals surface area contributed by atoms with Crippen molar-refractivity contribution in [3.05, 3.63) is 35.9 Å². The van der Waals surface area contributed by atoms with Gasteiger partial charge in [0.05, 0.1) is 25.2 Å². The van der Waals surface area contributed by atoms with Crippen LogP contribution in [0.15, 0.2) is 30.3 Å². The van der Waals surface area contributed by atoms with Crippen molar-refractivity contribution in [1.29, 1.82) is 0 Å². The Morgan fingerprint density at radius 3 is 1.64 bits per heavy atom. The van der Waals surface area contributed by atoms with Gasteiger partial charge in [0.2, 0.25) is 0 Å². The van der Waals surface area contributed by atoms with Crippen molar-refractivity contribution in [3.63, 3.8) is 0 Å². The van der Waals surface area contributed by atoms with Crippen LogP contribution in [0.2, 0.25) is 0 Å². The van der Waals surface area contributed by atoms with Gasteiger partial charge in [-0.3, -0.25) is 29.3 Å². The molecule has 6 atom stereocenters. The smallest absolute Gasteiger partial charge is 0.410 e. The Bertz CT molecular complexity index is 1740. The van der Waals surface area contributed by atoms with Gasteiger partial charge in [-0.25, -0.2) is 35.2 Å². The highest BCUT2D eigenvalue weighted by Crippen LogP contribution is 2.31. The molecule has 0 saturated carbocycles. The highest BCUT2D eigenvalue weighted by Gasteiger charge is 2.49. The van der Waals surface area contributed by atoms with E-state index in [2.05, 4.69) is 11.0 Å². The molecule has 6 saturated heterocycles. The molecule has 1 aromatic carbocycles. The molecule has 0 unspecified atom stereocenters. The van der Waals surface area contributed by atoms with Gasteiger partial charge in [0.25, 0.3) is 11.8 Å². The first-order valence-electron chi connectivity index (χ1n) is 21.3. The molecule has 6 aliphatic rings. The Balaban J connectivity index is 0.000000210. The summed E-state index contributed by atoms with van der Waals surface area (Å²) in [6, 6.07) is 7.22. The molecule has 0 spiro atoms. The molecule has 20 heteroatoms. The number of carbonyl (C=O) groups excluding carboxylic acids is 6. The van der Waals surface area contributed by atoms with Gasteiger partial charge in [-0.05, 0) is 98.5 Å². The van der Waals surface area contributed by atoms with E-state index in [1.165, 1.54) is 9.96 Å². The molecule has 0 aliphatic carbocycles. The second kappa shape index (κ2) is 19.4. The normalized spacial score (nSPS) is 26.4. The van der Waals surface area contributed by atoms with Crippen LogP contribution >= 0.6 is 0 Å². The summed E-state index contributed by atoms with van der Waals surface area (Å²) in [4.78, 5) is 97.8. The zero-order chi connectivity index (χ0) is 44.1. The lowest BCUT2D eigenvalue weighted by molar-refractivity contribution is -0.147. The van der Waals surface area contributed by atoms with E-state index in [1.54, 1.807) is 14.7 Å². The fourth-order valence-corrected chi connectivity index (χ4v) is 8.18. The summed E-state index contributed by atoms with van der Waals surface area (Å²) in [5.74, 6) is -0.766. The topological polar surface area (TPSA) is 212 Å². The van der Waals surface area contributed by atoms with Gasteiger partial charge in [-0.2, -0.15) is 5.06 Å². The molecular formula is C41H62N8O12. The Hall–Kier alpha value is -4.92. The number of benzene rings is 1. The van der Waals surface area contributed by atoms with E-state index in [4.69, 9.17) is 24.0 Å². The molecule has 3 N–H and O–H groups in total. The number of ether oxygens (including phenoxy) is 2. The van der Waals surface area contributed by atoms with Crippen molar-refractivity contribution in [1.82, 2.24) is 40.7 Å². The number of carbonyl (C=O) groups is 6. The number of amides is 8. The van der Waals surface area contributed by atoms with Crippen LogP contribution in [0.1, 0.15) is 98.5 Å². The van der Waals surface area contributed by atoms with Crippen molar-refractivity contribution >= 4 is 36.1 Å². The number of urea groups is 2. The minimum Gasteiger partial charge on any atom is -0.444 e. The molecule has 8 amide bonds. The van der Waals surface area contributed by atoms with Gasteiger partial charge in [0, 0.05) is 26.2 Å². The Labute approximate surface area is 356 Å². The number of nitrogens with zero attached hydrogens (tertiary/aromatic N) is 6. The molecule has 6 aliphatic heterocycles. The van der Waals surface area contributed by atoms with E-state index in [-0.39, 0.29) is 42.3 Å². The molecule has 0 aromatic heterocycles. The molecule has 20 nitrogen and oxygen atoms in total. The summed E-state index contributed by atoms with van der Waals surface area (Å²) in [6.45, 7) is 13.8. The van der Waals surface area contributed by atoms with E-state index in [1.807, 2.05) is 71.9 Å². The second-order valence-electron chi connectivity index (χ2n) is 18.3. The van der Waals surface area contributed by atoms with Gasteiger partial charge in [0.1, 0.15) is 42.1 Å². The second-order valence-corrected chi connectivity index (χ2v) is 18.3. The maximum atomic E-state index is 12.9. The largest absolute Gasteiger partial charge is 0.444 e. The third-order valence-electron chi connectivity index (χ3n) is 11.2. The summed E-state index contributed by atoms with van der Waals surface area (Å²) in [5.41, 5.74) is 4.81. The molecule has 6 fully saturated rings. The quantitative estimate of drug-likeness (QED) is 0.238. The lowest BCUT2D eigenvalue weighted by Gasteiger charge is -2.34. The number of piperidine rings is 4. The summed E-state index contributed by atoms with van der Waals surface area (Å²) in [6.07, 6.45) is 3.71. The third-order valence-corrected chi connectivity index (χ3v) is 11.2. The van der Waals surface area contributed by atoms with Crippen LogP contribution in [0.3, 0.4) is 0 Å². The van der Waals surface area contributed by atoms with Gasteiger partial charge >= 0.3 is 24.2 Å². The van der Waals surface area contributed by atoms with Crippen molar-refractivity contribution in [3.8, 4) is 0 Å². The SMILES string of the molecule is CC(C)(C)OC(=O)N1CCC[C@H](ONC(=O)[C@@H]2CC[C@@H]3CN2C(=O)N3O)C1.CC(C)(C)OC(=O)N1CCC[C@H](ONC(=O)[C@@H]2CC[C@@H]3CN2C(=O)N3OCc2ccccc2)C1. The molecule has 0 radical (unpaired) electrons. The predicted octanol–water partition coefficient (Wildman–Crippen LogP) is 3.93. The van der Waals surface area contributed by atoms with Crippen LogP contribution in [0.25, 0.3) is 0 Å². The fraction of sp³-hybridized carbons (Fsp3) is 0.707. The zero-order valence-electron chi connectivity index (χ0n) is 36.1. The number of nitrogens with one attached hydrogen (secondary N) is 2. The number of hydroxylamine groups is 6. The molecule has 6 heterocycles. The summed E-state index contributed by atoms with van der Waals surface area (Å²) >= 11 is 0. The van der Waals surface area contributed by atoms with Crippen molar-refractivity contribution in [2.24, 2.45) is 0 Å². The van der Waals surface area contributed by atoms with E-state index in [0.29, 0.717) is 83.0 Å². The molecule has 338 valence electrons. The standard InChI is InChI=1S/C24H34N4O6.C17H28N4O6/c1-24(2,3)33-23(31)26-13-7-10-19(15-26)34-25-21(29)20-12-11-18-14-27(20)22(30)28(18)32-16-17-8-5-4-6-9-17;1-17(2,3)26-16(24)19-8-4-5-12(10-19)27-18-14(22)13-7-6-11-9-20(13)15(23)21(11)25/h4-6,8-9,18-20H,7,10-16H2,1-3H3,(H,25,29);11-13,25H,4-10H2,1-3H3,(H,18,22)/t18-,19+,20+;11-,12+,13+/m11/s1. The molecule has 7 rings (SSSR count). The summed E-state index contributed by atoms with van der Waals surface area (Å²) in [5, 5.41) is 11.8. The lowest BCUT2D eigenvalue weighted by Crippen LogP contribution is -2.52. The Kier molecular flexibility index (Phi) is 14.5. The minimum atomic E-state index is -0.656. The zero-order valence-corrected chi connectivity index (χ0v) is 36.1. The average Bonchev–Trinajstić information content (AvgIpc) is 3.59. The minimum absolute atomic E-state index is 0.0677. The van der Waals surface area contributed by atoms with E-state index in [0.717, 1.165) is 24.8 Å². The van der Waals surface area contributed by atoms with Gasteiger partial charge in [-0.1, -0.05) is 30.3 Å². The van der Waals surface area contributed by atoms with Gasteiger partial charge in [-0.15, -0.1) is 0 Å².